The van der Waals surface area contributed by atoms with E-state index in [4.69, 9.17) is 15.2 Å². The van der Waals surface area contributed by atoms with E-state index in [1.54, 1.807) is 17.0 Å². The van der Waals surface area contributed by atoms with Crippen molar-refractivity contribution in [2.45, 2.75) is 62.7 Å². The van der Waals surface area contributed by atoms with E-state index in [0.717, 1.165) is 25.7 Å². The van der Waals surface area contributed by atoms with Crippen LogP contribution in [0.2, 0.25) is 0 Å². The maximum atomic E-state index is 12.6. The molecule has 2 amide bonds. The van der Waals surface area contributed by atoms with Crippen LogP contribution in [0.1, 0.15) is 54.5 Å². The molecule has 1 aliphatic carbocycles. The molecule has 2 aliphatic heterocycles. The first-order valence-electron chi connectivity index (χ1n) is 14.7. The average molecular weight is 620 g/mol. The van der Waals surface area contributed by atoms with Gasteiger partial charge < -0.3 is 40.4 Å². The van der Waals surface area contributed by atoms with Crippen LogP contribution in [0.5, 0.6) is 5.75 Å². The number of hydrogen-bond donors (Lipinski definition) is 4. The minimum atomic E-state index is -1.43. The van der Waals surface area contributed by atoms with Gasteiger partial charge in [0.05, 0.1) is 19.0 Å². The van der Waals surface area contributed by atoms with Gasteiger partial charge in [0.15, 0.2) is 23.8 Å². The number of imidazole rings is 1. The van der Waals surface area contributed by atoms with Crippen molar-refractivity contribution in [2.24, 2.45) is 5.92 Å². The number of esters is 1. The summed E-state index contributed by atoms with van der Waals surface area (Å²) in [6.07, 6.45) is -0.537. The van der Waals surface area contributed by atoms with Crippen molar-refractivity contribution < 1.29 is 38.8 Å². The van der Waals surface area contributed by atoms with Gasteiger partial charge in [0.25, 0.3) is 5.91 Å². The first kappa shape index (κ1) is 30.3. The second-order valence-electron chi connectivity index (χ2n) is 11.3. The van der Waals surface area contributed by atoms with Crippen LogP contribution in [0.4, 0.5) is 10.6 Å². The number of methoxy groups -OCH3 is 1. The average Bonchev–Trinajstić information content (AvgIpc) is 3.68. The standard InChI is InChI=1S/C30H33N7O8/c1-43-29(41)17-5-9-19(10-6-17)44-30(42)36-13-11-16(12-14-36)3-2-4-20-34-25(31)21-26(35-20)37(15-32-21)28-23(39)22(38)24(45-28)27(40)33-18-7-8-18/h5-6,9-10,15-16,18,22-24,28,38-39H,3,7-8,11-14H2,1H3,(H,33,40)(H2,31,34,35)/t22-,23+,24-,28+/m0/s1. The van der Waals surface area contributed by atoms with Crippen LogP contribution < -0.4 is 15.8 Å². The van der Waals surface area contributed by atoms with Crippen molar-refractivity contribution in [3.63, 3.8) is 0 Å². The summed E-state index contributed by atoms with van der Waals surface area (Å²) in [7, 11) is 1.30. The molecule has 4 atom stereocenters. The fourth-order valence-electron chi connectivity index (χ4n) is 5.33. The largest absolute Gasteiger partial charge is 0.465 e. The van der Waals surface area contributed by atoms with E-state index in [9.17, 15) is 24.6 Å². The summed E-state index contributed by atoms with van der Waals surface area (Å²) in [5, 5.41) is 24.0. The second kappa shape index (κ2) is 12.7. The molecule has 15 heteroatoms. The summed E-state index contributed by atoms with van der Waals surface area (Å²) in [4.78, 5) is 51.3. The first-order valence-corrected chi connectivity index (χ1v) is 14.7. The lowest BCUT2D eigenvalue weighted by atomic mass is 9.94. The van der Waals surface area contributed by atoms with Gasteiger partial charge >= 0.3 is 12.1 Å². The van der Waals surface area contributed by atoms with E-state index < -0.39 is 42.5 Å². The molecule has 2 saturated heterocycles. The smallest absolute Gasteiger partial charge is 0.415 e. The number of hydrogen-bond acceptors (Lipinski definition) is 12. The number of piperidine rings is 1. The normalized spacial score (nSPS) is 23.3. The Kier molecular flexibility index (Phi) is 8.52. The van der Waals surface area contributed by atoms with Gasteiger partial charge in [-0.25, -0.2) is 24.5 Å². The summed E-state index contributed by atoms with van der Waals surface area (Å²) >= 11 is 0. The van der Waals surface area contributed by atoms with Crippen LogP contribution in [-0.2, 0) is 14.3 Å². The number of nitrogens with zero attached hydrogens (tertiary/aromatic N) is 5. The minimum Gasteiger partial charge on any atom is -0.465 e. The molecule has 236 valence electrons. The van der Waals surface area contributed by atoms with Crippen LogP contribution >= 0.6 is 0 Å². The van der Waals surface area contributed by atoms with Gasteiger partial charge in [-0.05, 0) is 61.8 Å². The highest BCUT2D eigenvalue weighted by Crippen LogP contribution is 2.33. The molecule has 1 saturated carbocycles. The van der Waals surface area contributed by atoms with Gasteiger partial charge in [-0.15, -0.1) is 0 Å². The van der Waals surface area contributed by atoms with E-state index in [1.807, 2.05) is 0 Å². The van der Waals surface area contributed by atoms with Crippen molar-refractivity contribution in [1.29, 1.82) is 0 Å². The monoisotopic (exact) mass is 619 g/mol. The molecule has 4 heterocycles. The molecular formula is C30H33N7O8. The second-order valence-corrected chi connectivity index (χ2v) is 11.3. The number of ether oxygens (including phenoxy) is 3. The number of carbonyl (C=O) groups excluding carboxylic acids is 3. The number of benzene rings is 1. The number of fused-ring (bicyclic) bond motifs is 1. The zero-order chi connectivity index (χ0) is 31.7. The molecular weight excluding hydrogens is 586 g/mol. The van der Waals surface area contributed by atoms with Crippen molar-refractivity contribution in [1.82, 2.24) is 29.7 Å². The maximum absolute atomic E-state index is 12.6. The molecule has 2 aromatic heterocycles. The highest BCUT2D eigenvalue weighted by atomic mass is 16.6. The molecule has 1 aromatic carbocycles. The number of nitrogens with two attached hydrogens (primary N) is 1. The number of aliphatic hydroxyl groups excluding tert-OH is 2. The predicted molar refractivity (Wildman–Crippen MR) is 156 cm³/mol. The SMILES string of the molecule is COC(=O)c1ccc(OC(=O)N2CCC(CC#Cc3nc(N)c4ncn([C@@H]5O[C@H](C(=O)NC6CC6)[C@@H](O)[C@H]5O)c4n3)CC2)cc1. The molecule has 0 unspecified atom stereocenters. The Hall–Kier alpha value is -4.78. The number of rotatable bonds is 6. The number of anilines is 1. The van der Waals surface area contributed by atoms with Crippen molar-refractivity contribution in [3.05, 3.63) is 42.0 Å². The van der Waals surface area contributed by atoms with Crippen LogP contribution in [0.15, 0.2) is 30.6 Å². The van der Waals surface area contributed by atoms with Gasteiger partial charge in [0.1, 0.15) is 23.5 Å². The molecule has 0 radical (unpaired) electrons. The topological polar surface area (TPSA) is 204 Å². The summed E-state index contributed by atoms with van der Waals surface area (Å²) in [5.74, 6) is 5.92. The molecule has 3 aliphatic rings. The highest BCUT2D eigenvalue weighted by molar-refractivity contribution is 5.89. The van der Waals surface area contributed by atoms with Gasteiger partial charge in [-0.3, -0.25) is 9.36 Å². The quantitative estimate of drug-likeness (QED) is 0.223. The fraction of sp³-hybridized carbons (Fsp3) is 0.467. The molecule has 45 heavy (non-hydrogen) atoms. The molecule has 15 nitrogen and oxygen atoms in total. The van der Waals surface area contributed by atoms with E-state index in [1.165, 1.54) is 30.1 Å². The number of carbonyl (C=O) groups is 3. The zero-order valence-corrected chi connectivity index (χ0v) is 24.5. The predicted octanol–water partition coefficient (Wildman–Crippen LogP) is 0.746. The van der Waals surface area contributed by atoms with E-state index in [2.05, 4.69) is 36.8 Å². The molecule has 0 spiro atoms. The number of nitrogen functional groups attached to an aromatic ring is 1. The van der Waals surface area contributed by atoms with E-state index in [-0.39, 0.29) is 34.8 Å². The summed E-state index contributed by atoms with van der Waals surface area (Å²) < 4.78 is 17.3. The van der Waals surface area contributed by atoms with Crippen LogP contribution in [0.25, 0.3) is 11.2 Å². The third-order valence-corrected chi connectivity index (χ3v) is 8.09. The third kappa shape index (κ3) is 6.53. The summed E-state index contributed by atoms with van der Waals surface area (Å²) in [6.45, 7) is 1.02. The third-order valence-electron chi connectivity index (χ3n) is 8.09. The van der Waals surface area contributed by atoms with E-state index >= 15 is 0 Å². The zero-order valence-electron chi connectivity index (χ0n) is 24.5. The number of aliphatic hydroxyl groups is 2. The fourth-order valence-corrected chi connectivity index (χ4v) is 5.33. The number of likely N-dealkylation sites (tertiary alicyclic amines) is 1. The van der Waals surface area contributed by atoms with Crippen molar-refractivity contribution in [2.75, 3.05) is 25.9 Å². The van der Waals surface area contributed by atoms with Crippen molar-refractivity contribution in [3.8, 4) is 17.6 Å². The van der Waals surface area contributed by atoms with Gasteiger partial charge in [0.2, 0.25) is 5.82 Å². The number of amides is 2. The van der Waals surface area contributed by atoms with E-state index in [0.29, 0.717) is 30.8 Å². The Labute approximate surface area is 257 Å². The lowest BCUT2D eigenvalue weighted by Gasteiger charge is -2.30. The lowest BCUT2D eigenvalue weighted by molar-refractivity contribution is -0.137. The molecule has 3 aromatic rings. The Morgan fingerprint density at radius 3 is 2.51 bits per heavy atom. The summed E-state index contributed by atoms with van der Waals surface area (Å²) in [6, 6.07) is 6.22. The van der Waals surface area contributed by atoms with Gasteiger partial charge in [-0.1, -0.05) is 5.92 Å². The lowest BCUT2D eigenvalue weighted by Crippen LogP contribution is -2.43. The molecule has 5 N–H and O–H groups in total. The Bertz CT molecular complexity index is 1650. The minimum absolute atomic E-state index is 0.0707. The maximum Gasteiger partial charge on any atom is 0.415 e. The first-order chi connectivity index (χ1) is 21.7. The number of aromatic nitrogens is 4. The molecule has 3 fully saturated rings. The van der Waals surface area contributed by atoms with Crippen LogP contribution in [0, 0.1) is 17.8 Å². The summed E-state index contributed by atoms with van der Waals surface area (Å²) in [5.41, 5.74) is 7.01. The Balaban J connectivity index is 1.05. The molecule has 0 bridgehead atoms. The Morgan fingerprint density at radius 1 is 1.09 bits per heavy atom. The van der Waals surface area contributed by atoms with Crippen LogP contribution in [0.3, 0.4) is 0 Å². The van der Waals surface area contributed by atoms with Crippen LogP contribution in [-0.4, -0.2) is 97.2 Å². The Morgan fingerprint density at radius 2 is 1.82 bits per heavy atom. The number of nitrogens with one attached hydrogen (secondary N) is 1. The van der Waals surface area contributed by atoms with Gasteiger partial charge in [-0.2, -0.15) is 0 Å². The molecule has 6 rings (SSSR count). The van der Waals surface area contributed by atoms with Gasteiger partial charge in [0, 0.05) is 25.6 Å². The highest BCUT2D eigenvalue weighted by Gasteiger charge is 2.48. The van der Waals surface area contributed by atoms with Crippen molar-refractivity contribution >= 4 is 35.0 Å².